The third-order valence-corrected chi connectivity index (χ3v) is 6.36. The van der Waals surface area contributed by atoms with Crippen LogP contribution >= 0.6 is 0 Å². The van der Waals surface area contributed by atoms with Crippen molar-refractivity contribution in [1.29, 1.82) is 0 Å². The van der Waals surface area contributed by atoms with Gasteiger partial charge in [0.2, 0.25) is 5.78 Å². The smallest absolute Gasteiger partial charge is 0.290 e. The Kier molecular flexibility index (Phi) is 6.08. The largest absolute Gasteiger partial charge is 0.508 e. The summed E-state index contributed by atoms with van der Waals surface area (Å²) >= 11 is 0. The summed E-state index contributed by atoms with van der Waals surface area (Å²) in [4.78, 5) is 30.4. The zero-order valence-electron chi connectivity index (χ0n) is 18.6. The monoisotopic (exact) mass is 462 g/mol. The van der Waals surface area contributed by atoms with Gasteiger partial charge in [-0.3, -0.25) is 14.5 Å². The Bertz CT molecular complexity index is 1220. The molecule has 34 heavy (non-hydrogen) atoms. The molecular formula is C26H26N2O6. The van der Waals surface area contributed by atoms with Gasteiger partial charge in [-0.15, -0.1) is 0 Å². The Balaban J connectivity index is 1.45. The van der Waals surface area contributed by atoms with Gasteiger partial charge in [-0.1, -0.05) is 30.3 Å². The van der Waals surface area contributed by atoms with Crippen LogP contribution in [0.5, 0.6) is 5.75 Å². The van der Waals surface area contributed by atoms with E-state index in [9.17, 15) is 19.8 Å². The summed E-state index contributed by atoms with van der Waals surface area (Å²) in [5, 5.41) is 21.6. The molecule has 8 nitrogen and oxygen atoms in total. The molecule has 3 aromatic rings. The van der Waals surface area contributed by atoms with Gasteiger partial charge in [0.1, 0.15) is 11.3 Å². The van der Waals surface area contributed by atoms with E-state index in [0.717, 1.165) is 25.0 Å². The third-order valence-electron chi connectivity index (χ3n) is 6.36. The fourth-order valence-electron chi connectivity index (χ4n) is 4.67. The Morgan fingerprint density at radius 2 is 1.79 bits per heavy atom. The number of carbonyl (C=O) groups is 2. The van der Waals surface area contributed by atoms with Gasteiger partial charge in [-0.05, 0) is 36.2 Å². The molecule has 1 fully saturated rings. The highest BCUT2D eigenvalue weighted by Crippen LogP contribution is 2.40. The van der Waals surface area contributed by atoms with E-state index in [0.29, 0.717) is 37.3 Å². The number of amides is 1. The van der Waals surface area contributed by atoms with E-state index in [-0.39, 0.29) is 17.1 Å². The van der Waals surface area contributed by atoms with E-state index in [1.54, 1.807) is 24.3 Å². The van der Waals surface area contributed by atoms with Crippen molar-refractivity contribution >= 4 is 22.7 Å². The number of carbonyl (C=O) groups excluding carboxylic acids is 2. The number of para-hydroxylation sites is 1. The SMILES string of the molecule is O=C(C1=C(O)C(=O)N(CCCN2CCOCC2)C1c1cccc(O)c1)c1cc2ccccc2o1. The summed E-state index contributed by atoms with van der Waals surface area (Å²) in [6.45, 7) is 4.16. The van der Waals surface area contributed by atoms with E-state index >= 15 is 0 Å². The molecule has 0 radical (unpaired) electrons. The zero-order chi connectivity index (χ0) is 23.7. The number of benzene rings is 2. The quantitative estimate of drug-likeness (QED) is 0.519. The number of aliphatic hydroxyl groups is 1. The number of ether oxygens (including phenoxy) is 1. The van der Waals surface area contributed by atoms with Crippen LogP contribution in [-0.2, 0) is 9.53 Å². The van der Waals surface area contributed by atoms with E-state index in [2.05, 4.69) is 4.90 Å². The summed E-state index contributed by atoms with van der Waals surface area (Å²) in [6.07, 6.45) is 0.667. The van der Waals surface area contributed by atoms with Crippen LogP contribution in [0.3, 0.4) is 0 Å². The molecule has 176 valence electrons. The highest BCUT2D eigenvalue weighted by molar-refractivity contribution is 6.16. The number of furan rings is 1. The number of phenolic OH excluding ortho intramolecular Hbond substituents is 1. The first-order chi connectivity index (χ1) is 16.5. The predicted octanol–water partition coefficient (Wildman–Crippen LogP) is 3.44. The molecule has 1 atom stereocenters. The molecule has 8 heteroatoms. The van der Waals surface area contributed by atoms with Crippen LogP contribution < -0.4 is 0 Å². The fraction of sp³-hybridized carbons (Fsp3) is 0.308. The van der Waals surface area contributed by atoms with E-state index in [1.807, 2.05) is 18.2 Å². The van der Waals surface area contributed by atoms with Gasteiger partial charge in [0.15, 0.2) is 11.5 Å². The van der Waals surface area contributed by atoms with Crippen molar-refractivity contribution in [3.63, 3.8) is 0 Å². The highest BCUT2D eigenvalue weighted by atomic mass is 16.5. The van der Waals surface area contributed by atoms with Gasteiger partial charge in [-0.25, -0.2) is 0 Å². The molecule has 0 aliphatic carbocycles. The maximum atomic E-state index is 13.5. The first-order valence-electron chi connectivity index (χ1n) is 11.4. The number of ketones is 1. The average molecular weight is 463 g/mol. The van der Waals surface area contributed by atoms with Gasteiger partial charge in [0, 0.05) is 31.6 Å². The molecule has 0 spiro atoms. The average Bonchev–Trinajstić information content (AvgIpc) is 3.39. The fourth-order valence-corrected chi connectivity index (χ4v) is 4.67. The van der Waals surface area contributed by atoms with Crippen molar-refractivity contribution in [3.05, 3.63) is 77.3 Å². The number of rotatable bonds is 7. The van der Waals surface area contributed by atoms with E-state index in [4.69, 9.17) is 9.15 Å². The molecule has 2 aromatic carbocycles. The van der Waals surface area contributed by atoms with Gasteiger partial charge in [0.05, 0.1) is 24.8 Å². The predicted molar refractivity (Wildman–Crippen MR) is 125 cm³/mol. The minimum atomic E-state index is -0.829. The van der Waals surface area contributed by atoms with Crippen LogP contribution in [-0.4, -0.2) is 71.1 Å². The van der Waals surface area contributed by atoms with Crippen LogP contribution in [0.25, 0.3) is 11.0 Å². The molecule has 2 N–H and O–H groups in total. The first kappa shape index (κ1) is 22.2. The van der Waals surface area contributed by atoms with Gasteiger partial charge < -0.3 is 24.3 Å². The Hall–Kier alpha value is -3.62. The second kappa shape index (κ2) is 9.32. The summed E-state index contributed by atoms with van der Waals surface area (Å²) in [7, 11) is 0. The second-order valence-corrected chi connectivity index (χ2v) is 8.54. The first-order valence-corrected chi connectivity index (χ1v) is 11.4. The molecule has 1 unspecified atom stereocenters. The molecule has 5 rings (SSSR count). The van der Waals surface area contributed by atoms with Crippen molar-refractivity contribution < 1.29 is 29.0 Å². The molecule has 2 aliphatic heterocycles. The molecular weight excluding hydrogens is 436 g/mol. The molecule has 2 aliphatic rings. The van der Waals surface area contributed by atoms with Crippen molar-refractivity contribution in [1.82, 2.24) is 9.80 Å². The van der Waals surface area contributed by atoms with E-state index in [1.165, 1.54) is 17.0 Å². The van der Waals surface area contributed by atoms with Crippen LogP contribution in [0.2, 0.25) is 0 Å². The van der Waals surface area contributed by atoms with Gasteiger partial charge >= 0.3 is 0 Å². The minimum absolute atomic E-state index is 0.0140. The van der Waals surface area contributed by atoms with Crippen molar-refractivity contribution in [2.75, 3.05) is 39.4 Å². The maximum absolute atomic E-state index is 13.5. The summed E-state index contributed by atoms with van der Waals surface area (Å²) < 4.78 is 11.1. The topological polar surface area (TPSA) is 103 Å². The summed E-state index contributed by atoms with van der Waals surface area (Å²) in [6, 6.07) is 14.4. The van der Waals surface area contributed by atoms with Crippen LogP contribution in [0, 0.1) is 0 Å². The molecule has 1 amide bonds. The van der Waals surface area contributed by atoms with Crippen molar-refractivity contribution in [2.24, 2.45) is 0 Å². The number of phenols is 1. The molecule has 1 saturated heterocycles. The lowest BCUT2D eigenvalue weighted by atomic mass is 9.94. The molecule has 1 aromatic heterocycles. The highest BCUT2D eigenvalue weighted by Gasteiger charge is 2.44. The zero-order valence-corrected chi connectivity index (χ0v) is 18.6. The normalized spacial score (nSPS) is 19.4. The molecule has 3 heterocycles. The van der Waals surface area contributed by atoms with Crippen LogP contribution in [0.15, 0.2) is 70.3 Å². The molecule has 0 saturated carbocycles. The van der Waals surface area contributed by atoms with Gasteiger partial charge in [-0.2, -0.15) is 0 Å². The lowest BCUT2D eigenvalue weighted by Gasteiger charge is -2.30. The number of hydrogen-bond donors (Lipinski definition) is 2. The second-order valence-electron chi connectivity index (χ2n) is 8.54. The standard InChI is InChI=1S/C26H26N2O6/c29-19-7-3-6-18(15-19)23-22(24(30)21-16-17-5-1-2-8-20(17)34-21)25(31)26(32)28(23)10-4-9-27-11-13-33-14-12-27/h1-3,5-8,15-16,23,29,31H,4,9-14H2. The van der Waals surface area contributed by atoms with Crippen molar-refractivity contribution in [3.8, 4) is 5.75 Å². The Morgan fingerprint density at radius 1 is 1.00 bits per heavy atom. The van der Waals surface area contributed by atoms with Crippen molar-refractivity contribution in [2.45, 2.75) is 12.5 Å². The van der Waals surface area contributed by atoms with Crippen LogP contribution in [0.4, 0.5) is 0 Å². The lowest BCUT2D eigenvalue weighted by Crippen LogP contribution is -2.39. The number of morpholine rings is 1. The number of aromatic hydroxyl groups is 1. The van der Waals surface area contributed by atoms with Crippen LogP contribution in [0.1, 0.15) is 28.6 Å². The number of Topliss-reactive ketones (excluding diaryl/α,β-unsaturated/α-hetero) is 1. The number of aliphatic hydroxyl groups excluding tert-OH is 1. The summed E-state index contributed by atoms with van der Waals surface area (Å²) in [5.41, 5.74) is 1.05. The lowest BCUT2D eigenvalue weighted by molar-refractivity contribution is -0.129. The summed E-state index contributed by atoms with van der Waals surface area (Å²) in [5.74, 6) is -1.66. The minimum Gasteiger partial charge on any atom is -0.508 e. The Labute approximate surface area is 196 Å². The molecule has 0 bridgehead atoms. The number of hydrogen-bond acceptors (Lipinski definition) is 7. The van der Waals surface area contributed by atoms with Gasteiger partial charge in [0.25, 0.3) is 5.91 Å². The number of fused-ring (bicyclic) bond motifs is 1. The third kappa shape index (κ3) is 4.18. The maximum Gasteiger partial charge on any atom is 0.290 e. The van der Waals surface area contributed by atoms with E-state index < -0.39 is 23.5 Å². The number of nitrogens with zero attached hydrogens (tertiary/aromatic N) is 2. The Morgan fingerprint density at radius 3 is 2.56 bits per heavy atom.